The lowest BCUT2D eigenvalue weighted by Gasteiger charge is -2.17. The first kappa shape index (κ1) is 23.2. The van der Waals surface area contributed by atoms with Crippen molar-refractivity contribution in [2.75, 3.05) is 19.6 Å². The second-order valence-corrected chi connectivity index (χ2v) is 10.3. The lowest BCUT2D eigenvalue weighted by Crippen LogP contribution is -2.24. The van der Waals surface area contributed by atoms with Crippen LogP contribution in [0, 0.1) is 0 Å². The molecule has 0 spiro atoms. The van der Waals surface area contributed by atoms with Gasteiger partial charge in [0.1, 0.15) is 0 Å². The number of carbonyl (C=O) groups excluding carboxylic acids is 1. The van der Waals surface area contributed by atoms with Gasteiger partial charge in [0, 0.05) is 36.3 Å². The van der Waals surface area contributed by atoms with Gasteiger partial charge >= 0.3 is 0 Å². The molecule has 0 unspecified atom stereocenters. The van der Waals surface area contributed by atoms with Gasteiger partial charge in [-0.3, -0.25) is 9.20 Å². The van der Waals surface area contributed by atoms with Crippen LogP contribution in [0.2, 0.25) is 0 Å². The van der Waals surface area contributed by atoms with E-state index in [1.807, 2.05) is 12.1 Å². The van der Waals surface area contributed by atoms with Crippen LogP contribution in [0.5, 0.6) is 0 Å². The monoisotopic (exact) mass is 474 g/mol. The second kappa shape index (κ2) is 10.4. The number of imidazole rings is 1. The zero-order chi connectivity index (χ0) is 23.5. The van der Waals surface area contributed by atoms with Crippen molar-refractivity contribution < 1.29 is 4.79 Å². The molecular formula is C28H34N4OS. The van der Waals surface area contributed by atoms with Gasteiger partial charge < -0.3 is 10.2 Å². The molecule has 4 aromatic rings. The predicted molar refractivity (Wildman–Crippen MR) is 142 cm³/mol. The molecule has 1 saturated carbocycles. The molecule has 1 aliphatic carbocycles. The normalized spacial score (nSPS) is 14.0. The van der Waals surface area contributed by atoms with Crippen LogP contribution < -0.4 is 5.32 Å². The van der Waals surface area contributed by atoms with E-state index < -0.39 is 0 Å². The Hall–Kier alpha value is -2.54. The number of benzene rings is 2. The van der Waals surface area contributed by atoms with Gasteiger partial charge in [-0.1, -0.05) is 49.4 Å². The van der Waals surface area contributed by atoms with Crippen LogP contribution in [-0.2, 0) is 6.54 Å². The van der Waals surface area contributed by atoms with Crippen LogP contribution in [0.3, 0.4) is 0 Å². The molecule has 2 aromatic heterocycles. The summed E-state index contributed by atoms with van der Waals surface area (Å²) in [5.74, 6) is 0.240. The summed E-state index contributed by atoms with van der Waals surface area (Å²) in [6.07, 6.45) is 7.36. The van der Waals surface area contributed by atoms with E-state index in [4.69, 9.17) is 4.98 Å². The van der Waals surface area contributed by atoms with Crippen LogP contribution >= 0.6 is 11.3 Å². The third kappa shape index (κ3) is 5.24. The van der Waals surface area contributed by atoms with Gasteiger partial charge in [-0.05, 0) is 69.1 Å². The van der Waals surface area contributed by atoms with Crippen molar-refractivity contribution >= 4 is 32.3 Å². The topological polar surface area (TPSA) is 49.6 Å². The second-order valence-electron chi connectivity index (χ2n) is 9.32. The number of ketones is 1. The molecule has 5 rings (SSSR count). The Morgan fingerprint density at radius 2 is 1.91 bits per heavy atom. The number of nitrogens with zero attached hydrogens (tertiary/aromatic N) is 3. The number of nitrogens with one attached hydrogen (secondary N) is 1. The SMILES string of the molecule is CCN(CC)CCCCC(=O)c1ccc2c(c1)sc1nc(-c3ccc(CNC4CC4)cc3)cn12. The number of fused-ring (bicyclic) bond motifs is 3. The highest BCUT2D eigenvalue weighted by atomic mass is 32.1. The highest BCUT2D eigenvalue weighted by Crippen LogP contribution is 2.30. The molecular weight excluding hydrogens is 440 g/mol. The van der Waals surface area contributed by atoms with Gasteiger partial charge in [0.2, 0.25) is 0 Å². The molecule has 178 valence electrons. The summed E-state index contributed by atoms with van der Waals surface area (Å²) in [5, 5.41) is 3.56. The van der Waals surface area contributed by atoms with Crippen LogP contribution in [0.4, 0.5) is 0 Å². The van der Waals surface area contributed by atoms with Crippen LogP contribution in [-0.4, -0.2) is 45.7 Å². The highest BCUT2D eigenvalue weighted by molar-refractivity contribution is 7.23. The number of carbonyl (C=O) groups is 1. The highest BCUT2D eigenvalue weighted by Gasteiger charge is 2.20. The van der Waals surface area contributed by atoms with E-state index >= 15 is 0 Å². The molecule has 2 aromatic carbocycles. The fourth-order valence-electron chi connectivity index (χ4n) is 4.46. The van der Waals surface area contributed by atoms with Crippen molar-refractivity contribution in [3.63, 3.8) is 0 Å². The van der Waals surface area contributed by atoms with Crippen molar-refractivity contribution in [2.45, 2.75) is 58.5 Å². The van der Waals surface area contributed by atoms with Gasteiger partial charge in [-0.2, -0.15) is 0 Å². The van der Waals surface area contributed by atoms with Crippen LogP contribution in [0.25, 0.3) is 26.4 Å². The van der Waals surface area contributed by atoms with E-state index in [0.717, 1.165) is 77.1 Å². The van der Waals surface area contributed by atoms with E-state index in [0.29, 0.717) is 6.42 Å². The summed E-state index contributed by atoms with van der Waals surface area (Å²) in [6, 6.07) is 15.5. The standard InChI is InChI=1S/C28H34N4OS/c1-3-31(4-2)16-6-5-7-26(33)22-12-15-25-27(17-22)34-28-30-24(19-32(25)28)21-10-8-20(9-11-21)18-29-23-13-14-23/h8-12,15,17,19,23,29H,3-7,13-14,16,18H2,1-2H3. The van der Waals surface area contributed by atoms with Crippen LogP contribution in [0.1, 0.15) is 61.9 Å². The summed E-state index contributed by atoms with van der Waals surface area (Å²) >= 11 is 1.65. The minimum Gasteiger partial charge on any atom is -0.310 e. The lowest BCUT2D eigenvalue weighted by atomic mass is 10.1. The van der Waals surface area contributed by atoms with Crippen molar-refractivity contribution in [1.82, 2.24) is 19.6 Å². The van der Waals surface area contributed by atoms with Crippen molar-refractivity contribution in [3.05, 3.63) is 59.8 Å². The number of Topliss-reactive ketones (excluding diaryl/α,β-unsaturated/α-hetero) is 1. The molecule has 0 saturated heterocycles. The molecule has 0 aliphatic heterocycles. The molecule has 1 aliphatic rings. The minimum absolute atomic E-state index is 0.240. The molecule has 5 nitrogen and oxygen atoms in total. The Kier molecular flexibility index (Phi) is 7.09. The molecule has 0 bridgehead atoms. The molecule has 0 atom stereocenters. The number of rotatable bonds is 12. The Bertz CT molecular complexity index is 1270. The number of aromatic nitrogens is 2. The fourth-order valence-corrected chi connectivity index (χ4v) is 5.51. The summed E-state index contributed by atoms with van der Waals surface area (Å²) in [6.45, 7) is 8.54. The van der Waals surface area contributed by atoms with Gasteiger partial charge in [0.15, 0.2) is 10.7 Å². The number of unbranched alkanes of at least 4 members (excludes halogenated alkanes) is 1. The first-order valence-electron chi connectivity index (χ1n) is 12.6. The number of hydrogen-bond donors (Lipinski definition) is 1. The van der Waals surface area contributed by atoms with Crippen molar-refractivity contribution in [1.29, 1.82) is 0 Å². The Balaban J connectivity index is 1.25. The van der Waals surface area contributed by atoms with Crippen molar-refractivity contribution in [2.24, 2.45) is 0 Å². The van der Waals surface area contributed by atoms with Gasteiger partial charge in [0.25, 0.3) is 0 Å². The van der Waals surface area contributed by atoms with Crippen LogP contribution in [0.15, 0.2) is 48.7 Å². The molecule has 0 radical (unpaired) electrons. The molecule has 34 heavy (non-hydrogen) atoms. The Labute approximate surface area is 205 Å². The molecule has 0 amide bonds. The Morgan fingerprint density at radius 3 is 2.65 bits per heavy atom. The average Bonchev–Trinajstić information content (AvgIpc) is 3.51. The van der Waals surface area contributed by atoms with E-state index in [1.165, 1.54) is 18.4 Å². The summed E-state index contributed by atoms with van der Waals surface area (Å²) < 4.78 is 3.26. The quantitative estimate of drug-likeness (QED) is 0.197. The number of hydrogen-bond acceptors (Lipinski definition) is 5. The van der Waals surface area contributed by atoms with E-state index in [1.54, 1.807) is 11.3 Å². The lowest BCUT2D eigenvalue weighted by molar-refractivity contribution is 0.0978. The zero-order valence-electron chi connectivity index (χ0n) is 20.2. The fraction of sp³-hybridized carbons (Fsp3) is 0.429. The molecule has 1 fully saturated rings. The van der Waals surface area contributed by atoms with E-state index in [2.05, 4.69) is 65.0 Å². The van der Waals surface area contributed by atoms with Gasteiger partial charge in [-0.25, -0.2) is 4.98 Å². The summed E-state index contributed by atoms with van der Waals surface area (Å²) in [7, 11) is 0. The smallest absolute Gasteiger partial charge is 0.195 e. The first-order valence-corrected chi connectivity index (χ1v) is 13.5. The predicted octanol–water partition coefficient (Wildman–Crippen LogP) is 6.16. The first-order chi connectivity index (χ1) is 16.6. The number of thiazole rings is 1. The largest absolute Gasteiger partial charge is 0.310 e. The Morgan fingerprint density at radius 1 is 1.12 bits per heavy atom. The van der Waals surface area contributed by atoms with E-state index in [-0.39, 0.29) is 5.78 Å². The maximum absolute atomic E-state index is 12.7. The molecule has 2 heterocycles. The molecule has 1 N–H and O–H groups in total. The minimum atomic E-state index is 0.240. The third-order valence-corrected chi connectivity index (χ3v) is 7.88. The van der Waals surface area contributed by atoms with Crippen molar-refractivity contribution in [3.8, 4) is 11.3 Å². The van der Waals surface area contributed by atoms with Gasteiger partial charge in [0.05, 0.1) is 15.9 Å². The maximum Gasteiger partial charge on any atom is 0.195 e. The molecule has 6 heteroatoms. The maximum atomic E-state index is 12.7. The summed E-state index contributed by atoms with van der Waals surface area (Å²) in [4.78, 5) is 21.0. The van der Waals surface area contributed by atoms with E-state index in [9.17, 15) is 4.79 Å². The van der Waals surface area contributed by atoms with Gasteiger partial charge in [-0.15, -0.1) is 0 Å². The zero-order valence-corrected chi connectivity index (χ0v) is 21.0. The summed E-state index contributed by atoms with van der Waals surface area (Å²) in [5.41, 5.74) is 5.36. The third-order valence-electron chi connectivity index (χ3n) is 6.86. The average molecular weight is 475 g/mol.